The van der Waals surface area contributed by atoms with Crippen LogP contribution < -0.4 is 15.4 Å². The lowest BCUT2D eigenvalue weighted by Crippen LogP contribution is -2.47. The van der Waals surface area contributed by atoms with Crippen LogP contribution in [0.2, 0.25) is 0 Å². The van der Waals surface area contributed by atoms with Crippen molar-refractivity contribution in [3.05, 3.63) is 24.0 Å². The van der Waals surface area contributed by atoms with Crippen molar-refractivity contribution in [1.82, 2.24) is 5.32 Å². The Morgan fingerprint density at radius 1 is 1.38 bits per heavy atom. The minimum Gasteiger partial charge on any atom is -0.494 e. The Kier molecular flexibility index (Phi) is 5.14. The van der Waals surface area contributed by atoms with E-state index >= 15 is 0 Å². The first kappa shape index (κ1) is 15.7. The summed E-state index contributed by atoms with van der Waals surface area (Å²) in [5.74, 6) is -0.209. The summed E-state index contributed by atoms with van der Waals surface area (Å²) in [5.41, 5.74) is -0.0859. The molecule has 0 atom stereocenters. The van der Waals surface area contributed by atoms with E-state index in [1.807, 2.05) is 0 Å². The lowest BCUT2D eigenvalue weighted by atomic mass is 9.78. The molecule has 1 aromatic carbocycles. The van der Waals surface area contributed by atoms with Gasteiger partial charge < -0.3 is 20.1 Å². The van der Waals surface area contributed by atoms with Gasteiger partial charge in [-0.3, -0.25) is 4.79 Å². The quantitative estimate of drug-likeness (QED) is 0.869. The summed E-state index contributed by atoms with van der Waals surface area (Å²) in [7, 11) is 3.04. The van der Waals surface area contributed by atoms with Crippen LogP contribution in [0.15, 0.2) is 18.2 Å². The molecule has 2 rings (SSSR count). The molecule has 116 valence electrons. The first-order valence-corrected chi connectivity index (χ1v) is 6.96. The number of carbonyl (C=O) groups excluding carboxylic acids is 1. The highest BCUT2D eigenvalue weighted by atomic mass is 19.1. The molecule has 21 heavy (non-hydrogen) atoms. The monoisotopic (exact) mass is 296 g/mol. The Morgan fingerprint density at radius 3 is 2.71 bits per heavy atom. The zero-order valence-corrected chi connectivity index (χ0v) is 12.4. The van der Waals surface area contributed by atoms with Crippen LogP contribution in [-0.4, -0.2) is 39.8 Å². The van der Waals surface area contributed by atoms with E-state index in [-0.39, 0.29) is 5.91 Å². The molecule has 1 aromatic rings. The highest BCUT2D eigenvalue weighted by Crippen LogP contribution is 2.33. The molecular weight excluding hydrogens is 275 g/mol. The number of hydrogen-bond donors (Lipinski definition) is 2. The average Bonchev–Trinajstić information content (AvgIpc) is 2.50. The molecular formula is C15H21FN2O3. The van der Waals surface area contributed by atoms with Crippen LogP contribution in [-0.2, 0) is 9.53 Å². The van der Waals surface area contributed by atoms with E-state index in [9.17, 15) is 9.18 Å². The number of methoxy groups -OCH3 is 2. The Bertz CT molecular complexity index is 496. The third kappa shape index (κ3) is 3.51. The maximum atomic E-state index is 13.2. The van der Waals surface area contributed by atoms with E-state index in [1.165, 1.54) is 25.3 Å². The fourth-order valence-electron chi connectivity index (χ4n) is 2.64. The van der Waals surface area contributed by atoms with E-state index in [0.29, 0.717) is 30.9 Å². The van der Waals surface area contributed by atoms with Gasteiger partial charge in [0, 0.05) is 13.2 Å². The maximum absolute atomic E-state index is 13.2. The van der Waals surface area contributed by atoms with Crippen molar-refractivity contribution >= 4 is 11.6 Å². The predicted octanol–water partition coefficient (Wildman–Crippen LogP) is 1.79. The number of benzene rings is 1. The summed E-state index contributed by atoms with van der Waals surface area (Å²) in [4.78, 5) is 12.7. The SMILES string of the molecule is COCC1(C(=O)Nc2ccc(F)cc2OC)CCNCC1. The van der Waals surface area contributed by atoms with E-state index in [0.717, 1.165) is 13.1 Å². The minimum atomic E-state index is -0.556. The first-order chi connectivity index (χ1) is 10.1. The Hall–Kier alpha value is -1.66. The van der Waals surface area contributed by atoms with Gasteiger partial charge in [-0.1, -0.05) is 0 Å². The molecule has 1 aliphatic rings. The van der Waals surface area contributed by atoms with Crippen LogP contribution in [0.1, 0.15) is 12.8 Å². The third-order valence-corrected chi connectivity index (χ3v) is 3.87. The molecule has 1 fully saturated rings. The van der Waals surface area contributed by atoms with Crippen LogP contribution in [0.5, 0.6) is 5.75 Å². The second-order valence-electron chi connectivity index (χ2n) is 5.26. The fourth-order valence-corrected chi connectivity index (χ4v) is 2.64. The number of nitrogens with one attached hydrogen (secondary N) is 2. The zero-order chi connectivity index (χ0) is 15.3. The van der Waals surface area contributed by atoms with E-state index < -0.39 is 11.2 Å². The molecule has 0 aliphatic carbocycles. The van der Waals surface area contributed by atoms with Crippen molar-refractivity contribution in [2.75, 3.05) is 39.2 Å². The molecule has 0 saturated carbocycles. The van der Waals surface area contributed by atoms with Crippen molar-refractivity contribution in [2.24, 2.45) is 5.41 Å². The van der Waals surface area contributed by atoms with Gasteiger partial charge in [0.05, 0.1) is 24.8 Å². The summed E-state index contributed by atoms with van der Waals surface area (Å²) < 4.78 is 23.5. The average molecular weight is 296 g/mol. The van der Waals surface area contributed by atoms with Crippen molar-refractivity contribution in [3.63, 3.8) is 0 Å². The molecule has 1 heterocycles. The molecule has 2 N–H and O–H groups in total. The second kappa shape index (κ2) is 6.87. The molecule has 1 amide bonds. The van der Waals surface area contributed by atoms with Crippen molar-refractivity contribution in [1.29, 1.82) is 0 Å². The summed E-state index contributed by atoms with van der Waals surface area (Å²) in [6.07, 6.45) is 1.41. The third-order valence-electron chi connectivity index (χ3n) is 3.87. The van der Waals surface area contributed by atoms with E-state index in [4.69, 9.17) is 9.47 Å². The van der Waals surface area contributed by atoms with Gasteiger partial charge in [-0.15, -0.1) is 0 Å². The fraction of sp³-hybridized carbons (Fsp3) is 0.533. The smallest absolute Gasteiger partial charge is 0.233 e. The van der Waals surface area contributed by atoms with Gasteiger partial charge in [-0.05, 0) is 38.1 Å². The van der Waals surface area contributed by atoms with Gasteiger partial charge in [0.25, 0.3) is 0 Å². The van der Waals surface area contributed by atoms with Gasteiger partial charge in [-0.25, -0.2) is 4.39 Å². The van der Waals surface area contributed by atoms with Crippen molar-refractivity contribution in [2.45, 2.75) is 12.8 Å². The topological polar surface area (TPSA) is 59.6 Å². The Morgan fingerprint density at radius 2 is 2.10 bits per heavy atom. The van der Waals surface area contributed by atoms with Crippen LogP contribution >= 0.6 is 0 Å². The molecule has 0 unspecified atom stereocenters. The normalized spacial score (nSPS) is 17.3. The number of rotatable bonds is 5. The first-order valence-electron chi connectivity index (χ1n) is 6.96. The predicted molar refractivity (Wildman–Crippen MR) is 78.0 cm³/mol. The number of halogens is 1. The van der Waals surface area contributed by atoms with Crippen LogP contribution in [0.4, 0.5) is 10.1 Å². The lowest BCUT2D eigenvalue weighted by molar-refractivity contribution is -0.130. The standard InChI is InChI=1S/C15H21FN2O3/c1-20-10-15(5-7-17-8-6-15)14(19)18-12-4-3-11(16)9-13(12)21-2/h3-4,9,17H,5-8,10H2,1-2H3,(H,18,19). The van der Waals surface area contributed by atoms with Crippen LogP contribution in [0, 0.1) is 11.2 Å². The van der Waals surface area contributed by atoms with Gasteiger partial charge in [0.2, 0.25) is 5.91 Å². The molecule has 1 saturated heterocycles. The number of anilines is 1. The zero-order valence-electron chi connectivity index (χ0n) is 12.4. The molecule has 0 bridgehead atoms. The number of ether oxygens (including phenoxy) is 2. The van der Waals surface area contributed by atoms with Gasteiger partial charge >= 0.3 is 0 Å². The summed E-state index contributed by atoms with van der Waals surface area (Å²) in [6.45, 7) is 1.92. The summed E-state index contributed by atoms with van der Waals surface area (Å²) >= 11 is 0. The summed E-state index contributed by atoms with van der Waals surface area (Å²) in [6, 6.07) is 4.05. The molecule has 0 spiro atoms. The van der Waals surface area contributed by atoms with Crippen LogP contribution in [0.3, 0.4) is 0 Å². The molecule has 0 radical (unpaired) electrons. The summed E-state index contributed by atoms with van der Waals surface area (Å²) in [5, 5.41) is 6.08. The highest BCUT2D eigenvalue weighted by Gasteiger charge is 2.39. The molecule has 6 heteroatoms. The Balaban J connectivity index is 2.19. The lowest BCUT2D eigenvalue weighted by Gasteiger charge is -2.35. The van der Waals surface area contributed by atoms with Gasteiger partial charge in [0.1, 0.15) is 11.6 Å². The van der Waals surface area contributed by atoms with Gasteiger partial charge in [0.15, 0.2) is 0 Å². The maximum Gasteiger partial charge on any atom is 0.233 e. The van der Waals surface area contributed by atoms with E-state index in [1.54, 1.807) is 7.11 Å². The van der Waals surface area contributed by atoms with Gasteiger partial charge in [-0.2, -0.15) is 0 Å². The molecule has 0 aromatic heterocycles. The number of hydrogen-bond acceptors (Lipinski definition) is 4. The second-order valence-corrected chi connectivity index (χ2v) is 5.26. The molecule has 5 nitrogen and oxygen atoms in total. The largest absolute Gasteiger partial charge is 0.494 e. The van der Waals surface area contributed by atoms with Crippen molar-refractivity contribution < 1.29 is 18.7 Å². The Labute approximate surface area is 123 Å². The number of amides is 1. The van der Waals surface area contributed by atoms with Crippen LogP contribution in [0.25, 0.3) is 0 Å². The molecule has 1 aliphatic heterocycles. The highest BCUT2D eigenvalue weighted by molar-refractivity contribution is 5.96. The van der Waals surface area contributed by atoms with E-state index in [2.05, 4.69) is 10.6 Å². The number of carbonyl (C=O) groups is 1. The minimum absolute atomic E-state index is 0.115. The van der Waals surface area contributed by atoms with Crippen molar-refractivity contribution in [3.8, 4) is 5.75 Å². The number of piperidine rings is 1.